The Labute approximate surface area is 152 Å². The first kappa shape index (κ1) is 19.0. The summed E-state index contributed by atoms with van der Waals surface area (Å²) in [4.78, 5) is 28.4. The van der Waals surface area contributed by atoms with Crippen molar-refractivity contribution < 1.29 is 27.6 Å². The molecular formula is C17H21F3InNO3. The van der Waals surface area contributed by atoms with Crippen LogP contribution in [0.25, 0.3) is 0 Å². The topological polar surface area (TPSA) is 46.6 Å². The molecule has 0 spiro atoms. The second kappa shape index (κ2) is 6.76. The van der Waals surface area contributed by atoms with Gasteiger partial charge < -0.3 is 0 Å². The monoisotopic (exact) mass is 459 g/mol. The number of rotatable bonds is 2. The van der Waals surface area contributed by atoms with Gasteiger partial charge in [0.15, 0.2) is 0 Å². The van der Waals surface area contributed by atoms with E-state index in [0.29, 0.717) is 16.4 Å². The second-order valence-electron chi connectivity index (χ2n) is 7.48. The van der Waals surface area contributed by atoms with Gasteiger partial charge in [-0.05, 0) is 0 Å². The molecule has 136 valence electrons. The standard InChI is InChI=1S/C10H12O.C7H9F3NO2.In/c1-10(2,8-11)9-6-4-3-5-7-9;8-7(9,10)6(12)13-11-4-2-1-3-5-11;/h3-4H,5,7H2,1-2H3;1H,2-5H2;. The number of piperidine rings is 1. The van der Waals surface area contributed by atoms with Crippen LogP contribution in [-0.2, 0) is 14.4 Å². The van der Waals surface area contributed by atoms with Crippen LogP contribution >= 0.6 is 0 Å². The molecule has 4 nitrogen and oxygen atoms in total. The van der Waals surface area contributed by atoms with Crippen LogP contribution in [0.3, 0.4) is 0 Å². The Bertz CT molecular complexity index is 646. The van der Waals surface area contributed by atoms with E-state index in [2.05, 4.69) is 17.0 Å². The average molecular weight is 459 g/mol. The van der Waals surface area contributed by atoms with Gasteiger partial charge in [0, 0.05) is 0 Å². The number of carbonyl (C=O) groups excluding carboxylic acids is 2. The molecule has 0 radical (unpaired) electrons. The number of hydrogen-bond donors (Lipinski definition) is 0. The van der Waals surface area contributed by atoms with E-state index >= 15 is 0 Å². The molecule has 8 heteroatoms. The fourth-order valence-corrected chi connectivity index (χ4v) is 16.7. The van der Waals surface area contributed by atoms with Crippen molar-refractivity contribution in [2.45, 2.75) is 49.4 Å². The van der Waals surface area contributed by atoms with Crippen LogP contribution in [0.5, 0.6) is 0 Å². The van der Waals surface area contributed by atoms with Crippen molar-refractivity contribution in [3.63, 3.8) is 0 Å². The second-order valence-corrected chi connectivity index (χ2v) is 16.2. The fourth-order valence-electron chi connectivity index (χ4n) is 4.26. The summed E-state index contributed by atoms with van der Waals surface area (Å²) in [7, 11) is 0. The number of hydrogen-bond acceptors (Lipinski definition) is 4. The number of hydroxylamine groups is 2. The maximum absolute atomic E-state index is 13.1. The van der Waals surface area contributed by atoms with Crippen LogP contribution in [0.4, 0.5) is 13.2 Å². The summed E-state index contributed by atoms with van der Waals surface area (Å²) >= 11 is -2.70. The van der Waals surface area contributed by atoms with Crippen LogP contribution in [-0.4, -0.2) is 55.3 Å². The predicted molar refractivity (Wildman–Crippen MR) is 86.6 cm³/mol. The molecule has 0 unspecified atom stereocenters. The number of nitrogens with zero attached hydrogens (tertiary/aromatic N) is 1. The molecule has 2 heterocycles. The van der Waals surface area contributed by atoms with Gasteiger partial charge in [0.2, 0.25) is 0 Å². The van der Waals surface area contributed by atoms with Crippen LogP contribution < -0.4 is 0 Å². The van der Waals surface area contributed by atoms with Gasteiger partial charge in [-0.2, -0.15) is 0 Å². The van der Waals surface area contributed by atoms with Crippen molar-refractivity contribution in [1.82, 2.24) is 5.06 Å². The summed E-state index contributed by atoms with van der Waals surface area (Å²) < 4.78 is 38.9. The SMILES string of the molecule is CC1(C)[C](=O)[In]([CH]2CCN(OC(=O)C(F)(F)F)CC2)[C]2=C1CCC=C2. The summed E-state index contributed by atoms with van der Waals surface area (Å²) in [6, 6.07) is 0. The molecule has 0 aromatic rings. The first-order valence-corrected chi connectivity index (χ1v) is 13.8. The van der Waals surface area contributed by atoms with Gasteiger partial charge in [0.05, 0.1) is 0 Å². The van der Waals surface area contributed by atoms with Crippen LogP contribution in [0, 0.1) is 5.41 Å². The molecule has 0 aromatic heterocycles. The Hall–Kier alpha value is -0.760. The summed E-state index contributed by atoms with van der Waals surface area (Å²) in [6.07, 6.45) is 2.46. The van der Waals surface area contributed by atoms with E-state index in [9.17, 15) is 22.8 Å². The molecule has 1 saturated heterocycles. The number of halogens is 3. The number of alkyl halides is 3. The van der Waals surface area contributed by atoms with E-state index in [1.165, 1.54) is 8.90 Å². The Morgan fingerprint density at radius 2 is 1.96 bits per heavy atom. The summed E-state index contributed by atoms with van der Waals surface area (Å²) in [5.41, 5.74) is 0.924. The van der Waals surface area contributed by atoms with Crippen molar-refractivity contribution in [2.75, 3.05) is 13.1 Å². The van der Waals surface area contributed by atoms with Crippen molar-refractivity contribution in [1.29, 1.82) is 0 Å². The maximum atomic E-state index is 13.1. The predicted octanol–water partition coefficient (Wildman–Crippen LogP) is 3.30. The van der Waals surface area contributed by atoms with E-state index in [0.717, 1.165) is 17.9 Å². The van der Waals surface area contributed by atoms with Gasteiger partial charge in [0.25, 0.3) is 0 Å². The molecule has 3 rings (SSSR count). The Balaban J connectivity index is 1.67. The minimum absolute atomic E-state index is 0.264. The molecule has 25 heavy (non-hydrogen) atoms. The van der Waals surface area contributed by atoms with E-state index in [1.807, 2.05) is 13.8 Å². The number of carbonyl (C=O) groups is 2. The van der Waals surface area contributed by atoms with E-state index in [-0.39, 0.29) is 22.2 Å². The van der Waals surface area contributed by atoms with Crippen LogP contribution in [0.2, 0.25) is 3.67 Å². The molecule has 0 atom stereocenters. The zero-order valence-electron chi connectivity index (χ0n) is 14.4. The zero-order valence-corrected chi connectivity index (χ0v) is 17.7. The van der Waals surface area contributed by atoms with Crippen LogP contribution in [0.15, 0.2) is 21.1 Å². The molecule has 1 aliphatic carbocycles. The fraction of sp³-hybridized carbons (Fsp3) is 0.647. The summed E-state index contributed by atoms with van der Waals surface area (Å²) in [6.45, 7) is 4.56. The van der Waals surface area contributed by atoms with Gasteiger partial charge >= 0.3 is 153 Å². The van der Waals surface area contributed by atoms with Crippen molar-refractivity contribution in [3.8, 4) is 0 Å². The molecule has 0 saturated carbocycles. The quantitative estimate of drug-likeness (QED) is 0.636. The van der Waals surface area contributed by atoms with Gasteiger partial charge in [-0.25, -0.2) is 0 Å². The van der Waals surface area contributed by atoms with Crippen molar-refractivity contribution in [3.05, 3.63) is 21.1 Å². The van der Waals surface area contributed by atoms with Gasteiger partial charge in [-0.15, -0.1) is 0 Å². The molecule has 0 N–H and O–H groups in total. The Morgan fingerprint density at radius 3 is 2.56 bits per heavy atom. The molecule has 0 amide bonds. The molecule has 0 bridgehead atoms. The molecule has 2 aliphatic heterocycles. The minimum atomic E-state index is -4.98. The van der Waals surface area contributed by atoms with Gasteiger partial charge in [-0.3, -0.25) is 0 Å². The summed E-state index contributed by atoms with van der Waals surface area (Å²) in [5, 5.41) is 1.09. The first-order chi connectivity index (χ1) is 11.6. The summed E-state index contributed by atoms with van der Waals surface area (Å²) in [5.74, 6) is -2.17. The van der Waals surface area contributed by atoms with Crippen molar-refractivity contribution >= 4 is 30.9 Å². The average Bonchev–Trinajstić information content (AvgIpc) is 2.75. The van der Waals surface area contributed by atoms with E-state index in [1.54, 1.807) is 0 Å². The third kappa shape index (κ3) is 3.56. The third-order valence-electron chi connectivity index (χ3n) is 5.61. The molecule has 0 aromatic carbocycles. The molecule has 1 fully saturated rings. The molecule has 3 aliphatic rings. The third-order valence-corrected chi connectivity index (χ3v) is 17.3. The van der Waals surface area contributed by atoms with Gasteiger partial charge in [0.1, 0.15) is 0 Å². The number of allylic oxidation sites excluding steroid dienone is 4. The normalized spacial score (nSPS) is 24.7. The Kier molecular flexibility index (Phi) is 5.14. The van der Waals surface area contributed by atoms with Crippen LogP contribution in [0.1, 0.15) is 39.5 Å². The molecular weight excluding hydrogens is 438 g/mol. The first-order valence-electron chi connectivity index (χ1n) is 8.61. The zero-order chi connectivity index (χ0) is 18.4. The van der Waals surface area contributed by atoms with E-state index < -0.39 is 33.6 Å². The van der Waals surface area contributed by atoms with E-state index in [4.69, 9.17) is 0 Å². The Morgan fingerprint density at radius 1 is 1.32 bits per heavy atom. The van der Waals surface area contributed by atoms with Gasteiger partial charge in [-0.1, -0.05) is 0 Å². The van der Waals surface area contributed by atoms with Crippen molar-refractivity contribution in [2.24, 2.45) is 5.41 Å².